The van der Waals surface area contributed by atoms with Crippen LogP contribution in [0.3, 0.4) is 0 Å². The van der Waals surface area contributed by atoms with Crippen molar-refractivity contribution >= 4 is 0 Å². The van der Waals surface area contributed by atoms with Gasteiger partial charge in [-0.3, -0.25) is 4.90 Å². The second-order valence-corrected chi connectivity index (χ2v) is 4.87. The summed E-state index contributed by atoms with van der Waals surface area (Å²) in [7, 11) is 0. The molecule has 2 atom stereocenters. The highest BCUT2D eigenvalue weighted by molar-refractivity contribution is 4.79. The van der Waals surface area contributed by atoms with Crippen LogP contribution >= 0.6 is 0 Å². The maximum absolute atomic E-state index is 5.41. The second kappa shape index (κ2) is 8.04. The molecular weight excluding hydrogens is 200 g/mol. The van der Waals surface area contributed by atoms with Crippen molar-refractivity contribution < 1.29 is 4.74 Å². The lowest BCUT2D eigenvalue weighted by molar-refractivity contribution is 0.107. The quantitative estimate of drug-likeness (QED) is 0.672. The fraction of sp³-hybridized carbons (Fsp3) is 1.00. The summed E-state index contributed by atoms with van der Waals surface area (Å²) in [6.45, 7) is 12.9. The van der Waals surface area contributed by atoms with E-state index in [4.69, 9.17) is 4.74 Å². The van der Waals surface area contributed by atoms with E-state index in [0.717, 1.165) is 32.2 Å². The van der Waals surface area contributed by atoms with E-state index < -0.39 is 0 Å². The van der Waals surface area contributed by atoms with E-state index in [2.05, 4.69) is 31.0 Å². The molecule has 1 saturated heterocycles. The van der Waals surface area contributed by atoms with Crippen LogP contribution in [0.2, 0.25) is 0 Å². The SMILES string of the molecule is CCOCCN(CC)CC1CC(C)CCN1. The minimum absolute atomic E-state index is 0.685. The molecule has 0 amide bonds. The summed E-state index contributed by atoms with van der Waals surface area (Å²) in [5.74, 6) is 0.886. The zero-order chi connectivity index (χ0) is 11.8. The number of hydrogen-bond acceptors (Lipinski definition) is 3. The predicted octanol–water partition coefficient (Wildman–Crippen LogP) is 1.73. The van der Waals surface area contributed by atoms with Gasteiger partial charge in [0.15, 0.2) is 0 Å². The average molecular weight is 228 g/mol. The molecule has 1 aliphatic rings. The molecule has 0 aromatic rings. The smallest absolute Gasteiger partial charge is 0.0593 e. The van der Waals surface area contributed by atoms with Crippen molar-refractivity contribution in [2.45, 2.75) is 39.7 Å². The molecule has 1 rings (SSSR count). The Morgan fingerprint density at radius 2 is 2.19 bits per heavy atom. The minimum Gasteiger partial charge on any atom is -0.380 e. The van der Waals surface area contributed by atoms with Crippen molar-refractivity contribution in [2.24, 2.45) is 5.92 Å². The van der Waals surface area contributed by atoms with E-state index in [9.17, 15) is 0 Å². The molecule has 0 radical (unpaired) electrons. The number of nitrogens with zero attached hydrogens (tertiary/aromatic N) is 1. The first kappa shape index (κ1) is 13.9. The number of ether oxygens (including phenoxy) is 1. The Labute approximate surface area is 101 Å². The van der Waals surface area contributed by atoms with E-state index in [1.54, 1.807) is 0 Å². The summed E-state index contributed by atoms with van der Waals surface area (Å²) in [6, 6.07) is 0.685. The normalized spacial score (nSPS) is 26.2. The number of rotatable bonds is 7. The molecule has 0 saturated carbocycles. The monoisotopic (exact) mass is 228 g/mol. The van der Waals surface area contributed by atoms with E-state index in [1.165, 1.54) is 25.9 Å². The average Bonchev–Trinajstić information content (AvgIpc) is 2.28. The lowest BCUT2D eigenvalue weighted by Gasteiger charge is -2.32. The van der Waals surface area contributed by atoms with Gasteiger partial charge in [0, 0.05) is 25.7 Å². The van der Waals surface area contributed by atoms with Crippen LogP contribution in [0.4, 0.5) is 0 Å². The molecule has 0 aromatic heterocycles. The number of hydrogen-bond donors (Lipinski definition) is 1. The van der Waals surface area contributed by atoms with Crippen molar-refractivity contribution in [1.82, 2.24) is 10.2 Å². The van der Waals surface area contributed by atoms with Gasteiger partial charge in [0.1, 0.15) is 0 Å². The molecule has 16 heavy (non-hydrogen) atoms. The highest BCUT2D eigenvalue weighted by atomic mass is 16.5. The molecule has 3 nitrogen and oxygen atoms in total. The Kier molecular flexibility index (Phi) is 7.01. The molecule has 1 aliphatic heterocycles. The lowest BCUT2D eigenvalue weighted by Crippen LogP contribution is -2.46. The summed E-state index contributed by atoms with van der Waals surface area (Å²) < 4.78 is 5.41. The van der Waals surface area contributed by atoms with E-state index >= 15 is 0 Å². The fourth-order valence-electron chi connectivity index (χ4n) is 2.39. The third kappa shape index (κ3) is 5.28. The number of likely N-dealkylation sites (N-methyl/N-ethyl adjacent to an activating group) is 1. The van der Waals surface area contributed by atoms with Crippen LogP contribution in [0, 0.1) is 5.92 Å². The van der Waals surface area contributed by atoms with Crippen LogP contribution in [-0.4, -0.2) is 50.3 Å². The van der Waals surface area contributed by atoms with E-state index in [0.29, 0.717) is 6.04 Å². The third-order valence-corrected chi connectivity index (χ3v) is 3.44. The highest BCUT2D eigenvalue weighted by Crippen LogP contribution is 2.15. The van der Waals surface area contributed by atoms with Gasteiger partial charge < -0.3 is 10.1 Å². The largest absolute Gasteiger partial charge is 0.380 e. The Morgan fingerprint density at radius 3 is 2.81 bits per heavy atom. The first-order valence-electron chi connectivity index (χ1n) is 6.79. The van der Waals surface area contributed by atoms with E-state index in [1.807, 2.05) is 0 Å². The summed E-state index contributed by atoms with van der Waals surface area (Å²) in [4.78, 5) is 2.49. The van der Waals surface area contributed by atoms with Crippen LogP contribution in [0.5, 0.6) is 0 Å². The topological polar surface area (TPSA) is 24.5 Å². The van der Waals surface area contributed by atoms with Crippen LogP contribution < -0.4 is 5.32 Å². The van der Waals surface area contributed by atoms with Crippen LogP contribution in [0.25, 0.3) is 0 Å². The fourth-order valence-corrected chi connectivity index (χ4v) is 2.39. The predicted molar refractivity (Wildman–Crippen MR) is 68.8 cm³/mol. The molecule has 1 fully saturated rings. The summed E-state index contributed by atoms with van der Waals surface area (Å²) in [5, 5.41) is 3.62. The maximum atomic E-state index is 5.41. The number of piperidine rings is 1. The molecule has 0 spiro atoms. The summed E-state index contributed by atoms with van der Waals surface area (Å²) in [6.07, 6.45) is 2.66. The number of nitrogens with one attached hydrogen (secondary N) is 1. The molecule has 96 valence electrons. The lowest BCUT2D eigenvalue weighted by atomic mass is 9.94. The van der Waals surface area contributed by atoms with Gasteiger partial charge in [-0.25, -0.2) is 0 Å². The van der Waals surface area contributed by atoms with Crippen molar-refractivity contribution in [3.63, 3.8) is 0 Å². The Morgan fingerprint density at radius 1 is 1.38 bits per heavy atom. The first-order valence-corrected chi connectivity index (χ1v) is 6.79. The van der Waals surface area contributed by atoms with Gasteiger partial charge in [-0.05, 0) is 38.8 Å². The molecule has 0 aliphatic carbocycles. The van der Waals surface area contributed by atoms with Crippen molar-refractivity contribution in [3.05, 3.63) is 0 Å². The summed E-state index contributed by atoms with van der Waals surface area (Å²) >= 11 is 0. The molecule has 0 aromatic carbocycles. The Bertz CT molecular complexity index is 175. The standard InChI is InChI=1S/C13H28N2O/c1-4-15(8-9-16-5-2)11-13-10-12(3)6-7-14-13/h12-14H,4-11H2,1-3H3. The summed E-state index contributed by atoms with van der Waals surface area (Å²) in [5.41, 5.74) is 0. The Balaban J connectivity index is 2.20. The van der Waals surface area contributed by atoms with Gasteiger partial charge >= 0.3 is 0 Å². The van der Waals surface area contributed by atoms with E-state index in [-0.39, 0.29) is 0 Å². The van der Waals surface area contributed by atoms with Gasteiger partial charge in [0.2, 0.25) is 0 Å². The van der Waals surface area contributed by atoms with Crippen LogP contribution in [0.1, 0.15) is 33.6 Å². The van der Waals surface area contributed by atoms with Crippen LogP contribution in [-0.2, 0) is 4.74 Å². The molecule has 3 heteroatoms. The van der Waals surface area contributed by atoms with Gasteiger partial charge in [-0.2, -0.15) is 0 Å². The van der Waals surface area contributed by atoms with Gasteiger partial charge in [-0.15, -0.1) is 0 Å². The molecule has 1 heterocycles. The third-order valence-electron chi connectivity index (χ3n) is 3.44. The van der Waals surface area contributed by atoms with Crippen molar-refractivity contribution in [3.8, 4) is 0 Å². The zero-order valence-corrected chi connectivity index (χ0v) is 11.2. The minimum atomic E-state index is 0.685. The van der Waals surface area contributed by atoms with Crippen molar-refractivity contribution in [1.29, 1.82) is 0 Å². The van der Waals surface area contributed by atoms with Crippen molar-refractivity contribution in [2.75, 3.05) is 39.4 Å². The molecule has 1 N–H and O–H groups in total. The molecule has 2 unspecified atom stereocenters. The van der Waals surface area contributed by atoms with Gasteiger partial charge in [0.05, 0.1) is 6.61 Å². The first-order chi connectivity index (χ1) is 7.76. The molecular formula is C13H28N2O. The van der Waals surface area contributed by atoms with Gasteiger partial charge in [0.25, 0.3) is 0 Å². The zero-order valence-electron chi connectivity index (χ0n) is 11.2. The maximum Gasteiger partial charge on any atom is 0.0593 e. The molecule has 0 bridgehead atoms. The van der Waals surface area contributed by atoms with Gasteiger partial charge in [-0.1, -0.05) is 13.8 Å². The van der Waals surface area contributed by atoms with Crippen LogP contribution in [0.15, 0.2) is 0 Å². The second-order valence-electron chi connectivity index (χ2n) is 4.87. The Hall–Kier alpha value is -0.120. The highest BCUT2D eigenvalue weighted by Gasteiger charge is 2.19.